The molecule has 0 N–H and O–H groups in total. The highest BCUT2D eigenvalue weighted by molar-refractivity contribution is 5.96. The van der Waals surface area contributed by atoms with Gasteiger partial charge in [-0.2, -0.15) is 0 Å². The first kappa shape index (κ1) is 16.2. The summed E-state index contributed by atoms with van der Waals surface area (Å²) in [4.78, 5) is 16.9. The largest absolute Gasteiger partial charge is 0.304 e. The Labute approximate surface area is 128 Å². The Morgan fingerprint density at radius 1 is 1.24 bits per heavy atom. The van der Waals surface area contributed by atoms with E-state index in [-0.39, 0.29) is 5.78 Å². The van der Waals surface area contributed by atoms with Gasteiger partial charge in [0.2, 0.25) is 0 Å². The maximum Gasteiger partial charge on any atom is 0.164 e. The standard InChI is InChI=1S/C18H28N2O/c1-15-7-5-8-16(13-15)17(21)9-12-20(4)14-18(19(2)3)10-6-11-18/h5,7-8,13H,6,9-12,14H2,1-4H3. The molecule has 0 bridgehead atoms. The van der Waals surface area contributed by atoms with Gasteiger partial charge in [0, 0.05) is 30.6 Å². The molecule has 0 heterocycles. The lowest BCUT2D eigenvalue weighted by atomic mass is 9.75. The van der Waals surface area contributed by atoms with E-state index in [4.69, 9.17) is 0 Å². The third-order valence-electron chi connectivity index (χ3n) is 4.86. The molecule has 0 radical (unpaired) electrons. The monoisotopic (exact) mass is 288 g/mol. The Hall–Kier alpha value is -1.19. The summed E-state index contributed by atoms with van der Waals surface area (Å²) in [7, 11) is 6.48. The van der Waals surface area contributed by atoms with Crippen LogP contribution in [0.5, 0.6) is 0 Å². The van der Waals surface area contributed by atoms with Gasteiger partial charge in [0.1, 0.15) is 0 Å². The Bertz CT molecular complexity index is 492. The summed E-state index contributed by atoms with van der Waals surface area (Å²) in [6.07, 6.45) is 4.48. The fourth-order valence-electron chi connectivity index (χ4n) is 3.17. The summed E-state index contributed by atoms with van der Waals surface area (Å²) in [5.74, 6) is 0.248. The molecule has 1 aliphatic carbocycles. The molecule has 1 aliphatic rings. The van der Waals surface area contributed by atoms with Crippen LogP contribution in [0, 0.1) is 6.92 Å². The van der Waals surface area contributed by atoms with Gasteiger partial charge in [0.25, 0.3) is 0 Å². The van der Waals surface area contributed by atoms with Crippen molar-refractivity contribution < 1.29 is 4.79 Å². The van der Waals surface area contributed by atoms with Gasteiger partial charge in [-0.3, -0.25) is 4.79 Å². The highest BCUT2D eigenvalue weighted by Crippen LogP contribution is 2.36. The van der Waals surface area contributed by atoms with Crippen molar-refractivity contribution in [3.8, 4) is 0 Å². The van der Waals surface area contributed by atoms with E-state index in [1.54, 1.807) is 0 Å². The van der Waals surface area contributed by atoms with Crippen LogP contribution in [0.3, 0.4) is 0 Å². The Morgan fingerprint density at radius 2 is 1.95 bits per heavy atom. The average molecular weight is 288 g/mol. The first-order valence-electron chi connectivity index (χ1n) is 7.89. The quantitative estimate of drug-likeness (QED) is 0.721. The SMILES string of the molecule is Cc1cccc(C(=O)CCN(C)CC2(N(C)C)CCC2)c1. The molecule has 0 aliphatic heterocycles. The van der Waals surface area contributed by atoms with Crippen molar-refractivity contribution in [1.29, 1.82) is 0 Å². The molecular weight excluding hydrogens is 260 g/mol. The number of hydrogen-bond donors (Lipinski definition) is 0. The summed E-state index contributed by atoms with van der Waals surface area (Å²) in [6, 6.07) is 7.89. The highest BCUT2D eigenvalue weighted by Gasteiger charge is 2.39. The number of aryl methyl sites for hydroxylation is 1. The van der Waals surface area contributed by atoms with E-state index in [1.807, 2.05) is 31.2 Å². The predicted octanol–water partition coefficient (Wildman–Crippen LogP) is 2.98. The van der Waals surface area contributed by atoms with Gasteiger partial charge < -0.3 is 9.80 Å². The molecule has 21 heavy (non-hydrogen) atoms. The molecule has 0 amide bonds. The number of Topliss-reactive ketones (excluding diaryl/α,β-unsaturated/α-hetero) is 1. The zero-order valence-electron chi connectivity index (χ0n) is 13.9. The molecule has 0 aromatic heterocycles. The molecule has 1 aromatic rings. The van der Waals surface area contributed by atoms with Crippen LogP contribution in [-0.4, -0.2) is 55.4 Å². The first-order chi connectivity index (χ1) is 9.93. The molecule has 116 valence electrons. The molecule has 0 saturated heterocycles. The van der Waals surface area contributed by atoms with Crippen molar-refractivity contribution in [3.05, 3.63) is 35.4 Å². The highest BCUT2D eigenvalue weighted by atomic mass is 16.1. The maximum absolute atomic E-state index is 12.2. The van der Waals surface area contributed by atoms with E-state index < -0.39 is 0 Å². The van der Waals surface area contributed by atoms with Crippen molar-refractivity contribution >= 4 is 5.78 Å². The molecule has 3 nitrogen and oxygen atoms in total. The molecule has 2 rings (SSSR count). The number of nitrogens with zero attached hydrogens (tertiary/aromatic N) is 2. The van der Waals surface area contributed by atoms with Crippen LogP contribution >= 0.6 is 0 Å². The normalized spacial score (nSPS) is 17.0. The second kappa shape index (κ2) is 6.71. The van der Waals surface area contributed by atoms with E-state index in [0.717, 1.165) is 24.2 Å². The van der Waals surface area contributed by atoms with Crippen LogP contribution in [0.1, 0.15) is 41.6 Å². The van der Waals surface area contributed by atoms with Crippen molar-refractivity contribution in [1.82, 2.24) is 9.80 Å². The molecule has 3 heteroatoms. The van der Waals surface area contributed by atoms with E-state index in [2.05, 4.69) is 30.9 Å². The lowest BCUT2D eigenvalue weighted by Gasteiger charge is -2.49. The Morgan fingerprint density at radius 3 is 2.48 bits per heavy atom. The fourth-order valence-corrected chi connectivity index (χ4v) is 3.17. The summed E-state index contributed by atoms with van der Waals surface area (Å²) in [5, 5.41) is 0. The smallest absolute Gasteiger partial charge is 0.164 e. The molecule has 1 saturated carbocycles. The van der Waals surface area contributed by atoms with Crippen molar-refractivity contribution in [2.75, 3.05) is 34.2 Å². The zero-order chi connectivity index (χ0) is 15.5. The zero-order valence-corrected chi connectivity index (χ0v) is 13.9. The molecule has 1 fully saturated rings. The molecule has 0 unspecified atom stereocenters. The van der Waals surface area contributed by atoms with Gasteiger partial charge in [-0.05, 0) is 53.4 Å². The van der Waals surface area contributed by atoms with Crippen LogP contribution in [0.15, 0.2) is 24.3 Å². The van der Waals surface area contributed by atoms with Crippen LogP contribution in [0.25, 0.3) is 0 Å². The lowest BCUT2D eigenvalue weighted by molar-refractivity contribution is 0.0276. The van der Waals surface area contributed by atoms with Gasteiger partial charge in [0.05, 0.1) is 0 Å². The predicted molar refractivity (Wildman–Crippen MR) is 87.9 cm³/mol. The van der Waals surface area contributed by atoms with E-state index in [9.17, 15) is 4.79 Å². The van der Waals surface area contributed by atoms with Crippen molar-refractivity contribution in [2.24, 2.45) is 0 Å². The van der Waals surface area contributed by atoms with Crippen LogP contribution < -0.4 is 0 Å². The van der Waals surface area contributed by atoms with Gasteiger partial charge in [-0.15, -0.1) is 0 Å². The average Bonchev–Trinajstić information content (AvgIpc) is 2.39. The number of benzene rings is 1. The van der Waals surface area contributed by atoms with E-state index >= 15 is 0 Å². The minimum Gasteiger partial charge on any atom is -0.304 e. The minimum absolute atomic E-state index is 0.248. The summed E-state index contributed by atoms with van der Waals surface area (Å²) in [5.41, 5.74) is 2.32. The number of carbonyl (C=O) groups is 1. The maximum atomic E-state index is 12.2. The van der Waals surface area contributed by atoms with Gasteiger partial charge in [-0.1, -0.05) is 23.8 Å². The van der Waals surface area contributed by atoms with Gasteiger partial charge in [-0.25, -0.2) is 0 Å². The topological polar surface area (TPSA) is 23.6 Å². The Balaban J connectivity index is 1.84. The summed E-state index contributed by atoms with van der Waals surface area (Å²) in [6.45, 7) is 3.92. The van der Waals surface area contributed by atoms with Gasteiger partial charge >= 0.3 is 0 Å². The number of carbonyl (C=O) groups excluding carboxylic acids is 1. The third-order valence-corrected chi connectivity index (χ3v) is 4.86. The number of rotatable bonds is 7. The Kier molecular flexibility index (Phi) is 5.17. The van der Waals surface area contributed by atoms with Crippen LogP contribution in [-0.2, 0) is 0 Å². The molecule has 0 spiro atoms. The van der Waals surface area contributed by atoms with Crippen molar-refractivity contribution in [2.45, 2.75) is 38.1 Å². The molecule has 1 aromatic carbocycles. The minimum atomic E-state index is 0.248. The molecule has 0 atom stereocenters. The number of hydrogen-bond acceptors (Lipinski definition) is 3. The fraction of sp³-hybridized carbons (Fsp3) is 0.611. The van der Waals surface area contributed by atoms with Crippen molar-refractivity contribution in [3.63, 3.8) is 0 Å². The lowest BCUT2D eigenvalue weighted by Crippen LogP contribution is -2.56. The second-order valence-electron chi connectivity index (χ2n) is 6.75. The van der Waals surface area contributed by atoms with Crippen LogP contribution in [0.4, 0.5) is 0 Å². The second-order valence-corrected chi connectivity index (χ2v) is 6.75. The van der Waals surface area contributed by atoms with Crippen LogP contribution in [0.2, 0.25) is 0 Å². The first-order valence-corrected chi connectivity index (χ1v) is 7.89. The van der Waals surface area contributed by atoms with Gasteiger partial charge in [0.15, 0.2) is 5.78 Å². The van der Waals surface area contributed by atoms with E-state index in [1.165, 1.54) is 19.3 Å². The number of likely N-dealkylation sites (N-methyl/N-ethyl adjacent to an activating group) is 2. The van der Waals surface area contributed by atoms with E-state index in [0.29, 0.717) is 12.0 Å². The number of ketones is 1. The summed E-state index contributed by atoms with van der Waals surface area (Å²) < 4.78 is 0. The third kappa shape index (κ3) is 3.92. The molecular formula is C18H28N2O. The summed E-state index contributed by atoms with van der Waals surface area (Å²) >= 11 is 0.